The van der Waals surface area contributed by atoms with Crippen molar-refractivity contribution < 1.29 is 14.3 Å². The molecule has 0 aliphatic rings. The van der Waals surface area contributed by atoms with Crippen LogP contribution in [0.25, 0.3) is 11.0 Å². The number of aryl methyl sites for hydroxylation is 2. The van der Waals surface area contributed by atoms with Crippen LogP contribution in [0.4, 0.5) is 5.13 Å². The smallest absolute Gasteiger partial charge is 0.275 e. The minimum Gasteiger partial charge on any atom is -0.493 e. The molecule has 1 amide bonds. The maximum atomic E-state index is 12.4. The zero-order chi connectivity index (χ0) is 24.9. The summed E-state index contributed by atoms with van der Waals surface area (Å²) in [7, 11) is 1.48. The van der Waals surface area contributed by atoms with Crippen LogP contribution >= 0.6 is 22.7 Å². The summed E-state index contributed by atoms with van der Waals surface area (Å²) >= 11 is 2.57. The van der Waals surface area contributed by atoms with Gasteiger partial charge >= 0.3 is 0 Å². The molecule has 0 atom stereocenters. The number of fused-ring (bicyclic) bond motifs is 1. The van der Waals surface area contributed by atoms with E-state index in [1.165, 1.54) is 46.4 Å². The molecule has 0 aliphatic carbocycles. The highest BCUT2D eigenvalue weighted by Crippen LogP contribution is 2.30. The second-order valence-electron chi connectivity index (χ2n) is 7.08. The van der Waals surface area contributed by atoms with Crippen LogP contribution in [0.3, 0.4) is 0 Å². The van der Waals surface area contributed by atoms with Crippen molar-refractivity contribution >= 4 is 44.7 Å². The third-order valence-electron chi connectivity index (χ3n) is 4.63. The number of nitrogens with zero attached hydrogens (tertiary/aromatic N) is 6. The highest BCUT2D eigenvalue weighted by molar-refractivity contribution is 7.16. The van der Waals surface area contributed by atoms with Crippen LogP contribution in [0.5, 0.6) is 11.5 Å². The zero-order valence-electron chi connectivity index (χ0n) is 18.9. The number of hydrogen-bond acceptors (Lipinski definition) is 11. The number of methoxy groups -OCH3 is 1. The van der Waals surface area contributed by atoms with Gasteiger partial charge in [0.05, 0.1) is 12.8 Å². The van der Waals surface area contributed by atoms with Gasteiger partial charge in [0, 0.05) is 6.07 Å². The highest BCUT2D eigenvalue weighted by atomic mass is 32.1. The lowest BCUT2D eigenvalue weighted by atomic mass is 10.1. The maximum absolute atomic E-state index is 12.4. The molecule has 0 fully saturated rings. The van der Waals surface area contributed by atoms with Gasteiger partial charge in [0.25, 0.3) is 11.5 Å². The molecule has 0 saturated heterocycles. The topological polar surface area (TPSA) is 144 Å². The summed E-state index contributed by atoms with van der Waals surface area (Å²) in [5.74, 6) is 0.211. The molecular formula is C22H19N7O4S2. The number of nitriles is 1. The third-order valence-corrected chi connectivity index (χ3v) is 6.44. The van der Waals surface area contributed by atoms with E-state index in [1.807, 2.05) is 13.0 Å². The van der Waals surface area contributed by atoms with Crippen LogP contribution in [-0.2, 0) is 17.8 Å². The van der Waals surface area contributed by atoms with Gasteiger partial charge in [0.15, 0.2) is 11.5 Å². The Morgan fingerprint density at radius 1 is 1.26 bits per heavy atom. The first kappa shape index (κ1) is 24.0. The van der Waals surface area contributed by atoms with E-state index in [2.05, 4.69) is 25.6 Å². The Kier molecular flexibility index (Phi) is 7.14. The molecule has 35 heavy (non-hydrogen) atoms. The molecular weight excluding hydrogens is 490 g/mol. The number of carbonyl (C=O) groups excluding carboxylic acids is 1. The van der Waals surface area contributed by atoms with Crippen LogP contribution in [0.1, 0.15) is 28.2 Å². The number of nitrogens with one attached hydrogen (secondary N) is 1. The summed E-state index contributed by atoms with van der Waals surface area (Å²) in [5, 5.41) is 25.7. The molecule has 0 spiro atoms. The Morgan fingerprint density at radius 2 is 2.09 bits per heavy atom. The number of aromatic nitrogens is 5. The van der Waals surface area contributed by atoms with Crippen molar-refractivity contribution in [3.05, 3.63) is 61.5 Å². The summed E-state index contributed by atoms with van der Waals surface area (Å²) in [4.78, 5) is 29.7. The second kappa shape index (κ2) is 10.4. The van der Waals surface area contributed by atoms with Gasteiger partial charge in [0.2, 0.25) is 10.1 Å². The largest absolute Gasteiger partial charge is 0.493 e. The molecule has 178 valence electrons. The Hall–Kier alpha value is -4.15. The first-order valence-electron chi connectivity index (χ1n) is 10.3. The van der Waals surface area contributed by atoms with Crippen LogP contribution in [0, 0.1) is 18.3 Å². The van der Waals surface area contributed by atoms with Crippen LogP contribution < -0.4 is 20.3 Å². The molecule has 1 aromatic carbocycles. The molecule has 1 N–H and O–H groups in total. The molecule has 0 radical (unpaired) electrons. The minimum absolute atomic E-state index is 0.0454. The molecule has 4 rings (SSSR count). The van der Waals surface area contributed by atoms with Gasteiger partial charge in [-0.3, -0.25) is 14.9 Å². The van der Waals surface area contributed by atoms with E-state index < -0.39 is 5.91 Å². The SMILES string of the molecule is CCc1nn2c(=O)cc(COc3ccc(/C=C(/C#N)C(=O)Nc4nnc(C)s4)cc3OC)nc2s1. The molecule has 0 saturated carbocycles. The van der Waals surface area contributed by atoms with Crippen LogP contribution in [-0.4, -0.2) is 37.8 Å². The average Bonchev–Trinajstić information content (AvgIpc) is 3.47. The van der Waals surface area contributed by atoms with E-state index in [9.17, 15) is 14.9 Å². The third kappa shape index (κ3) is 5.51. The summed E-state index contributed by atoms with van der Waals surface area (Å²) in [6.07, 6.45) is 2.15. The number of ether oxygens (including phenoxy) is 2. The van der Waals surface area contributed by atoms with E-state index in [0.29, 0.717) is 44.3 Å². The first-order chi connectivity index (χ1) is 16.9. The Bertz CT molecular complexity index is 1530. The molecule has 0 aliphatic heterocycles. The lowest BCUT2D eigenvalue weighted by molar-refractivity contribution is -0.112. The average molecular weight is 510 g/mol. The summed E-state index contributed by atoms with van der Waals surface area (Å²) in [6, 6.07) is 8.24. The summed E-state index contributed by atoms with van der Waals surface area (Å²) in [6.45, 7) is 3.77. The molecule has 0 unspecified atom stereocenters. The number of amides is 1. The van der Waals surface area contributed by atoms with Crippen molar-refractivity contribution in [2.75, 3.05) is 12.4 Å². The minimum atomic E-state index is -0.593. The molecule has 0 bridgehead atoms. The Balaban J connectivity index is 1.51. The monoisotopic (exact) mass is 509 g/mol. The van der Waals surface area contributed by atoms with Gasteiger partial charge in [-0.25, -0.2) is 4.98 Å². The predicted octanol–water partition coefficient (Wildman–Crippen LogP) is 3.01. The molecule has 11 nitrogen and oxygen atoms in total. The highest BCUT2D eigenvalue weighted by Gasteiger charge is 2.14. The maximum Gasteiger partial charge on any atom is 0.275 e. The fourth-order valence-electron chi connectivity index (χ4n) is 2.98. The first-order valence-corrected chi connectivity index (χ1v) is 12.0. The molecule has 3 heterocycles. The van der Waals surface area contributed by atoms with Crippen LogP contribution in [0.2, 0.25) is 0 Å². The van der Waals surface area contributed by atoms with Gasteiger partial charge < -0.3 is 9.47 Å². The lowest BCUT2D eigenvalue weighted by Crippen LogP contribution is -2.16. The number of anilines is 1. The van der Waals surface area contributed by atoms with Gasteiger partial charge in [-0.1, -0.05) is 35.7 Å². The van der Waals surface area contributed by atoms with Gasteiger partial charge in [-0.2, -0.15) is 14.9 Å². The van der Waals surface area contributed by atoms with E-state index in [-0.39, 0.29) is 17.7 Å². The lowest BCUT2D eigenvalue weighted by Gasteiger charge is -2.11. The van der Waals surface area contributed by atoms with Crippen molar-refractivity contribution in [3.8, 4) is 17.6 Å². The van der Waals surface area contributed by atoms with Crippen molar-refractivity contribution in [2.45, 2.75) is 26.9 Å². The van der Waals surface area contributed by atoms with Crippen molar-refractivity contribution in [1.82, 2.24) is 24.8 Å². The van der Waals surface area contributed by atoms with Crippen molar-refractivity contribution in [2.24, 2.45) is 0 Å². The Labute approximate surface area is 207 Å². The number of hydrogen-bond donors (Lipinski definition) is 1. The van der Waals surface area contributed by atoms with Crippen LogP contribution in [0.15, 0.2) is 34.6 Å². The number of rotatable bonds is 8. The molecule has 3 aromatic heterocycles. The van der Waals surface area contributed by atoms with E-state index in [1.54, 1.807) is 25.1 Å². The summed E-state index contributed by atoms with van der Waals surface area (Å²) in [5.41, 5.74) is 0.636. The van der Waals surface area contributed by atoms with Gasteiger partial charge in [-0.05, 0) is 37.1 Å². The number of carbonyl (C=O) groups is 1. The predicted molar refractivity (Wildman–Crippen MR) is 131 cm³/mol. The molecule has 4 aromatic rings. The molecule has 13 heteroatoms. The van der Waals surface area contributed by atoms with Crippen molar-refractivity contribution in [3.63, 3.8) is 0 Å². The van der Waals surface area contributed by atoms with E-state index in [4.69, 9.17) is 9.47 Å². The standard InChI is InChI=1S/C22H19N7O4S2/c1-4-18-28-29-19(30)9-15(24-22(29)35-18)11-33-16-6-5-13(8-17(16)32-3)7-14(10-23)20(31)25-21-27-26-12(2)34-21/h5-9H,4,11H2,1-3H3,(H,25,27,31)/b14-7-. The number of benzene rings is 1. The van der Waals surface area contributed by atoms with E-state index >= 15 is 0 Å². The fraction of sp³-hybridized carbons (Fsp3) is 0.227. The fourth-order valence-corrected chi connectivity index (χ4v) is 4.43. The van der Waals surface area contributed by atoms with Crippen molar-refractivity contribution in [1.29, 1.82) is 5.26 Å². The normalized spacial score (nSPS) is 11.3. The quantitative estimate of drug-likeness (QED) is 0.280. The Morgan fingerprint density at radius 3 is 2.77 bits per heavy atom. The van der Waals surface area contributed by atoms with Gasteiger partial charge in [0.1, 0.15) is 28.3 Å². The zero-order valence-corrected chi connectivity index (χ0v) is 20.6. The second-order valence-corrected chi connectivity index (χ2v) is 9.30. The van der Waals surface area contributed by atoms with Gasteiger partial charge in [-0.15, -0.1) is 10.2 Å². The van der Waals surface area contributed by atoms with E-state index in [0.717, 1.165) is 5.01 Å². The summed E-state index contributed by atoms with van der Waals surface area (Å²) < 4.78 is 12.5.